The normalized spacial score (nSPS) is 9.41. The van der Waals surface area contributed by atoms with E-state index in [-0.39, 0.29) is 5.91 Å². The van der Waals surface area contributed by atoms with E-state index in [9.17, 15) is 4.79 Å². The van der Waals surface area contributed by atoms with Gasteiger partial charge >= 0.3 is 0 Å². The third kappa shape index (κ3) is 18.1. The van der Waals surface area contributed by atoms with Crippen LogP contribution in [0.25, 0.3) is 0 Å². The number of nitrogens with one attached hydrogen (secondary N) is 1. The van der Waals surface area contributed by atoms with Crippen LogP contribution in [0, 0.1) is 0 Å². The third-order valence-electron chi connectivity index (χ3n) is 2.61. The van der Waals surface area contributed by atoms with Crippen molar-refractivity contribution in [3.63, 3.8) is 0 Å². The number of unbranched alkanes of at least 4 members (excludes halogenated alkanes) is 6. The van der Waals surface area contributed by atoms with Crippen molar-refractivity contribution >= 4 is 5.91 Å². The zero-order chi connectivity index (χ0) is 13.4. The molecular weight excluding hydrogens is 210 g/mol. The molecule has 0 atom stereocenters. The van der Waals surface area contributed by atoms with Crippen LogP contribution < -0.4 is 5.32 Å². The molecule has 0 unspecified atom stereocenters. The first-order valence-electron chi connectivity index (χ1n) is 7.58. The quantitative estimate of drug-likeness (QED) is 0.555. The summed E-state index contributed by atoms with van der Waals surface area (Å²) in [6, 6.07) is 0. The van der Waals surface area contributed by atoms with Crippen LogP contribution in [0.4, 0.5) is 0 Å². The van der Waals surface area contributed by atoms with Gasteiger partial charge in [-0.3, -0.25) is 4.79 Å². The summed E-state index contributed by atoms with van der Waals surface area (Å²) in [6.07, 6.45) is 10.4. The number of carbonyl (C=O) groups is 1. The summed E-state index contributed by atoms with van der Waals surface area (Å²) in [7, 11) is 0. The Hall–Kier alpha value is -0.530. The first kappa shape index (κ1) is 18.8. The van der Waals surface area contributed by atoms with Crippen LogP contribution >= 0.6 is 0 Å². The predicted molar refractivity (Wildman–Crippen MR) is 77.3 cm³/mol. The summed E-state index contributed by atoms with van der Waals surface area (Å²) in [5.41, 5.74) is 0. The Morgan fingerprint density at radius 3 is 1.88 bits per heavy atom. The molecule has 0 aromatic heterocycles. The molecule has 1 N–H and O–H groups in total. The van der Waals surface area contributed by atoms with Gasteiger partial charge in [0.15, 0.2) is 0 Å². The van der Waals surface area contributed by atoms with Crippen LogP contribution in [0.15, 0.2) is 0 Å². The molecule has 0 heterocycles. The number of hydrogen-bond donors (Lipinski definition) is 1. The van der Waals surface area contributed by atoms with Crippen LogP contribution in [-0.2, 0) is 4.79 Å². The summed E-state index contributed by atoms with van der Waals surface area (Å²) in [6.45, 7) is 9.26. The van der Waals surface area contributed by atoms with Crippen molar-refractivity contribution in [2.24, 2.45) is 0 Å². The van der Waals surface area contributed by atoms with Crippen molar-refractivity contribution in [1.82, 2.24) is 5.32 Å². The minimum absolute atomic E-state index is 0.239. The fraction of sp³-hybridized carbons (Fsp3) is 0.933. The van der Waals surface area contributed by atoms with Gasteiger partial charge in [-0.2, -0.15) is 0 Å². The third-order valence-corrected chi connectivity index (χ3v) is 2.61. The van der Waals surface area contributed by atoms with Crippen molar-refractivity contribution in [2.75, 3.05) is 6.54 Å². The lowest BCUT2D eigenvalue weighted by atomic mass is 10.1. The molecule has 0 saturated heterocycles. The zero-order valence-electron chi connectivity index (χ0n) is 12.5. The lowest BCUT2D eigenvalue weighted by molar-refractivity contribution is -0.121. The topological polar surface area (TPSA) is 29.1 Å². The molecule has 104 valence electrons. The zero-order valence-corrected chi connectivity index (χ0v) is 12.5. The van der Waals surface area contributed by atoms with Crippen LogP contribution in [0.3, 0.4) is 0 Å². The average Bonchev–Trinajstić information content (AvgIpc) is 2.37. The van der Waals surface area contributed by atoms with E-state index in [1.807, 2.05) is 13.8 Å². The van der Waals surface area contributed by atoms with E-state index >= 15 is 0 Å². The minimum Gasteiger partial charge on any atom is -0.356 e. The van der Waals surface area contributed by atoms with Gasteiger partial charge in [-0.15, -0.1) is 0 Å². The first-order valence-corrected chi connectivity index (χ1v) is 7.58. The molecule has 0 aliphatic heterocycles. The molecule has 0 radical (unpaired) electrons. The SMILES string of the molecule is CC.CCCCCCNC(=O)CCCCCC. The van der Waals surface area contributed by atoms with Gasteiger partial charge in [-0.1, -0.05) is 66.2 Å². The van der Waals surface area contributed by atoms with Gasteiger partial charge in [-0.05, 0) is 12.8 Å². The second-order valence-electron chi connectivity index (χ2n) is 4.22. The molecule has 0 aliphatic rings. The Kier molecular flexibility index (Phi) is 19.8. The fourth-order valence-corrected chi connectivity index (χ4v) is 1.58. The molecule has 0 aromatic rings. The molecule has 1 amide bonds. The Labute approximate surface area is 109 Å². The van der Waals surface area contributed by atoms with Gasteiger partial charge in [0.2, 0.25) is 5.91 Å². The van der Waals surface area contributed by atoms with E-state index in [4.69, 9.17) is 0 Å². The van der Waals surface area contributed by atoms with E-state index in [1.54, 1.807) is 0 Å². The molecule has 0 spiro atoms. The summed E-state index contributed by atoms with van der Waals surface area (Å²) in [4.78, 5) is 11.3. The fourth-order valence-electron chi connectivity index (χ4n) is 1.58. The molecular formula is C15H33NO. The van der Waals surface area contributed by atoms with Crippen molar-refractivity contribution in [1.29, 1.82) is 0 Å². The Balaban J connectivity index is 0. The van der Waals surface area contributed by atoms with Gasteiger partial charge in [0.1, 0.15) is 0 Å². The Morgan fingerprint density at radius 1 is 0.824 bits per heavy atom. The van der Waals surface area contributed by atoms with E-state index < -0.39 is 0 Å². The molecule has 0 rings (SSSR count). The smallest absolute Gasteiger partial charge is 0.219 e. The molecule has 0 bridgehead atoms. The molecule has 2 heteroatoms. The second kappa shape index (κ2) is 17.9. The average molecular weight is 243 g/mol. The maximum absolute atomic E-state index is 11.3. The second-order valence-corrected chi connectivity index (χ2v) is 4.22. The van der Waals surface area contributed by atoms with Gasteiger partial charge in [0, 0.05) is 13.0 Å². The van der Waals surface area contributed by atoms with E-state index in [0.717, 1.165) is 19.4 Å². The highest BCUT2D eigenvalue weighted by molar-refractivity contribution is 5.75. The summed E-state index contributed by atoms with van der Waals surface area (Å²) in [5.74, 6) is 0.239. The van der Waals surface area contributed by atoms with Gasteiger partial charge in [0.05, 0.1) is 0 Å². The van der Waals surface area contributed by atoms with Gasteiger partial charge in [-0.25, -0.2) is 0 Å². The lowest BCUT2D eigenvalue weighted by Crippen LogP contribution is -2.23. The molecule has 2 nitrogen and oxygen atoms in total. The molecule has 0 aromatic carbocycles. The number of hydrogen-bond acceptors (Lipinski definition) is 1. The van der Waals surface area contributed by atoms with E-state index in [1.165, 1.54) is 38.5 Å². The Bertz CT molecular complexity index is 146. The lowest BCUT2D eigenvalue weighted by Gasteiger charge is -2.04. The Morgan fingerprint density at radius 2 is 1.35 bits per heavy atom. The highest BCUT2D eigenvalue weighted by atomic mass is 16.1. The maximum atomic E-state index is 11.3. The summed E-state index contributed by atoms with van der Waals surface area (Å²) >= 11 is 0. The van der Waals surface area contributed by atoms with E-state index in [2.05, 4.69) is 19.2 Å². The predicted octanol–water partition coefficient (Wildman–Crippen LogP) is 4.68. The van der Waals surface area contributed by atoms with Crippen molar-refractivity contribution in [3.05, 3.63) is 0 Å². The number of carbonyl (C=O) groups excluding carboxylic acids is 1. The molecule has 0 fully saturated rings. The number of amides is 1. The molecule has 0 aliphatic carbocycles. The first-order chi connectivity index (χ1) is 8.31. The summed E-state index contributed by atoms with van der Waals surface area (Å²) in [5, 5.41) is 2.98. The number of rotatable bonds is 10. The standard InChI is InChI=1S/C13H27NO.C2H6/c1-3-5-7-9-11-13(15)14-12-10-8-6-4-2;1-2/h3-12H2,1-2H3,(H,14,15);1-2H3. The van der Waals surface area contributed by atoms with Crippen LogP contribution in [0.2, 0.25) is 0 Å². The highest BCUT2D eigenvalue weighted by Crippen LogP contribution is 2.02. The van der Waals surface area contributed by atoms with Crippen molar-refractivity contribution < 1.29 is 4.79 Å². The monoisotopic (exact) mass is 243 g/mol. The van der Waals surface area contributed by atoms with E-state index in [0.29, 0.717) is 6.42 Å². The maximum Gasteiger partial charge on any atom is 0.219 e. The summed E-state index contributed by atoms with van der Waals surface area (Å²) < 4.78 is 0. The largest absolute Gasteiger partial charge is 0.356 e. The highest BCUT2D eigenvalue weighted by Gasteiger charge is 1.99. The van der Waals surface area contributed by atoms with Crippen LogP contribution in [0.5, 0.6) is 0 Å². The molecule has 17 heavy (non-hydrogen) atoms. The molecule has 0 saturated carbocycles. The van der Waals surface area contributed by atoms with Crippen molar-refractivity contribution in [3.8, 4) is 0 Å². The minimum atomic E-state index is 0.239. The van der Waals surface area contributed by atoms with Gasteiger partial charge in [0.25, 0.3) is 0 Å². The van der Waals surface area contributed by atoms with Crippen molar-refractivity contribution in [2.45, 2.75) is 85.5 Å². The van der Waals surface area contributed by atoms with Crippen LogP contribution in [-0.4, -0.2) is 12.5 Å². The van der Waals surface area contributed by atoms with Crippen LogP contribution in [0.1, 0.15) is 85.5 Å². The van der Waals surface area contributed by atoms with Gasteiger partial charge < -0.3 is 5.32 Å².